The highest BCUT2D eigenvalue weighted by molar-refractivity contribution is 6.07. The molecular weight excluding hydrogens is 476 g/mol. The van der Waals surface area contributed by atoms with E-state index in [0.29, 0.717) is 37.4 Å². The second kappa shape index (κ2) is 10.5. The Kier molecular flexibility index (Phi) is 7.17. The van der Waals surface area contributed by atoms with Crippen LogP contribution >= 0.6 is 0 Å². The predicted octanol–water partition coefficient (Wildman–Crippen LogP) is 2.20. The predicted molar refractivity (Wildman–Crippen MR) is 134 cm³/mol. The maximum atomic E-state index is 13.6. The SMILES string of the molecule is COc1ccc(C2=NN(C3CCN(C(=O)CN4C(=O)CCC4=O)CC3)C(=O)[C@@H]3CCCC[C@H]23)cc1OC. The number of carbonyl (C=O) groups excluding carboxylic acids is 4. The van der Waals surface area contributed by atoms with Crippen molar-refractivity contribution in [2.75, 3.05) is 33.9 Å². The van der Waals surface area contributed by atoms with Gasteiger partial charge in [0.1, 0.15) is 6.54 Å². The average Bonchev–Trinajstić information content (AvgIpc) is 3.25. The molecule has 0 aromatic heterocycles. The number of fused-ring (bicyclic) bond motifs is 1. The largest absolute Gasteiger partial charge is 0.493 e. The molecule has 1 aromatic carbocycles. The van der Waals surface area contributed by atoms with Crippen LogP contribution in [-0.4, -0.2) is 84.0 Å². The summed E-state index contributed by atoms with van der Waals surface area (Å²) in [6.45, 7) is 0.716. The molecule has 1 aromatic rings. The van der Waals surface area contributed by atoms with Crippen molar-refractivity contribution in [3.8, 4) is 11.5 Å². The maximum Gasteiger partial charge on any atom is 0.246 e. The van der Waals surface area contributed by atoms with Crippen molar-refractivity contribution in [3.63, 3.8) is 0 Å². The van der Waals surface area contributed by atoms with Gasteiger partial charge >= 0.3 is 0 Å². The molecule has 2 atom stereocenters. The third kappa shape index (κ3) is 4.81. The first-order chi connectivity index (χ1) is 17.9. The molecule has 3 heterocycles. The average molecular weight is 511 g/mol. The highest BCUT2D eigenvalue weighted by Gasteiger charge is 2.44. The van der Waals surface area contributed by atoms with Crippen LogP contribution in [0.25, 0.3) is 0 Å². The van der Waals surface area contributed by atoms with E-state index in [-0.39, 0.29) is 60.9 Å². The highest BCUT2D eigenvalue weighted by atomic mass is 16.5. The van der Waals surface area contributed by atoms with Gasteiger partial charge in [-0.05, 0) is 43.9 Å². The van der Waals surface area contributed by atoms with E-state index in [1.54, 1.807) is 24.1 Å². The van der Waals surface area contributed by atoms with E-state index in [2.05, 4.69) is 0 Å². The molecule has 10 heteroatoms. The van der Waals surface area contributed by atoms with Crippen molar-refractivity contribution >= 4 is 29.3 Å². The molecule has 37 heavy (non-hydrogen) atoms. The zero-order valence-corrected chi connectivity index (χ0v) is 21.5. The van der Waals surface area contributed by atoms with Crippen LogP contribution < -0.4 is 9.47 Å². The Morgan fingerprint density at radius 1 is 0.919 bits per heavy atom. The van der Waals surface area contributed by atoms with Gasteiger partial charge in [0.2, 0.25) is 23.6 Å². The van der Waals surface area contributed by atoms with Gasteiger partial charge in [-0.25, -0.2) is 5.01 Å². The third-order valence-corrected chi connectivity index (χ3v) is 8.17. The molecule has 5 rings (SSSR count). The fourth-order valence-corrected chi connectivity index (χ4v) is 6.09. The number of nitrogens with zero attached hydrogens (tertiary/aromatic N) is 4. The van der Waals surface area contributed by atoms with Gasteiger partial charge in [-0.3, -0.25) is 24.1 Å². The van der Waals surface area contributed by atoms with E-state index in [1.807, 2.05) is 18.2 Å². The minimum atomic E-state index is -0.286. The summed E-state index contributed by atoms with van der Waals surface area (Å²) < 4.78 is 10.9. The van der Waals surface area contributed by atoms with Gasteiger partial charge in [-0.15, -0.1) is 0 Å². The van der Waals surface area contributed by atoms with Crippen LogP contribution in [0.3, 0.4) is 0 Å². The summed E-state index contributed by atoms with van der Waals surface area (Å²) in [6.07, 6.45) is 5.42. The van der Waals surface area contributed by atoms with Gasteiger partial charge < -0.3 is 14.4 Å². The fraction of sp³-hybridized carbons (Fsp3) is 0.593. The molecule has 0 unspecified atom stereocenters. The first-order valence-electron chi connectivity index (χ1n) is 13.2. The summed E-state index contributed by atoms with van der Waals surface area (Å²) in [4.78, 5) is 52.9. The number of hydrogen-bond donors (Lipinski definition) is 0. The number of likely N-dealkylation sites (tertiary alicyclic amines) is 2. The quantitative estimate of drug-likeness (QED) is 0.543. The van der Waals surface area contributed by atoms with Gasteiger partial charge in [0, 0.05) is 43.3 Å². The number of carbonyl (C=O) groups is 4. The lowest BCUT2D eigenvalue weighted by molar-refractivity contribution is -0.147. The number of ether oxygens (including phenoxy) is 2. The topological polar surface area (TPSA) is 109 Å². The summed E-state index contributed by atoms with van der Waals surface area (Å²) in [5.74, 6) is 0.526. The number of piperidine rings is 1. The van der Waals surface area contributed by atoms with Crippen molar-refractivity contribution in [1.82, 2.24) is 14.8 Å². The lowest BCUT2D eigenvalue weighted by Gasteiger charge is -2.43. The Balaban J connectivity index is 1.33. The van der Waals surface area contributed by atoms with Crippen molar-refractivity contribution in [2.24, 2.45) is 16.9 Å². The van der Waals surface area contributed by atoms with Crippen LogP contribution in [0.1, 0.15) is 56.9 Å². The second-order valence-electron chi connectivity index (χ2n) is 10.2. The van der Waals surface area contributed by atoms with E-state index in [4.69, 9.17) is 14.6 Å². The molecule has 0 bridgehead atoms. The van der Waals surface area contributed by atoms with Crippen LogP contribution in [0, 0.1) is 11.8 Å². The molecule has 0 spiro atoms. The summed E-state index contributed by atoms with van der Waals surface area (Å²) in [6, 6.07) is 5.67. The molecule has 198 valence electrons. The van der Waals surface area contributed by atoms with Gasteiger partial charge in [-0.2, -0.15) is 5.10 Å². The summed E-state index contributed by atoms with van der Waals surface area (Å²) in [7, 11) is 3.21. The van der Waals surface area contributed by atoms with E-state index < -0.39 is 0 Å². The van der Waals surface area contributed by atoms with Crippen LogP contribution in [0.2, 0.25) is 0 Å². The molecule has 0 N–H and O–H groups in total. The van der Waals surface area contributed by atoms with E-state index >= 15 is 0 Å². The summed E-state index contributed by atoms with van der Waals surface area (Å²) in [5, 5.41) is 6.62. The highest BCUT2D eigenvalue weighted by Crippen LogP contribution is 2.40. The van der Waals surface area contributed by atoms with Crippen molar-refractivity contribution in [2.45, 2.75) is 57.4 Å². The summed E-state index contributed by atoms with van der Waals surface area (Å²) in [5.41, 5.74) is 1.84. The number of imide groups is 1. The second-order valence-corrected chi connectivity index (χ2v) is 10.2. The fourth-order valence-electron chi connectivity index (χ4n) is 6.09. The number of rotatable bonds is 6. The Morgan fingerprint density at radius 3 is 2.22 bits per heavy atom. The van der Waals surface area contributed by atoms with Crippen LogP contribution in [0.4, 0.5) is 0 Å². The molecule has 4 amide bonds. The number of methoxy groups -OCH3 is 2. The number of hydrogen-bond acceptors (Lipinski definition) is 7. The molecule has 3 fully saturated rings. The Labute approximate surface area is 216 Å². The van der Waals surface area contributed by atoms with Crippen molar-refractivity contribution in [3.05, 3.63) is 23.8 Å². The molecule has 4 aliphatic rings. The van der Waals surface area contributed by atoms with Crippen LogP contribution in [0.5, 0.6) is 11.5 Å². The van der Waals surface area contributed by atoms with E-state index in [1.165, 1.54) is 0 Å². The minimum absolute atomic E-state index is 0.0759. The lowest BCUT2D eigenvalue weighted by atomic mass is 9.73. The third-order valence-electron chi connectivity index (χ3n) is 8.17. The standard InChI is InChI=1S/C27H34N4O6/c1-36-21-8-7-17(15-22(21)37-2)26-19-5-3-4-6-20(19)27(35)31(28-26)18-11-13-29(14-12-18)25(34)16-30-23(32)9-10-24(30)33/h7-8,15,18-20H,3-6,9-14,16H2,1-2H3/t19-,20+/m0/s1. The van der Waals surface area contributed by atoms with Gasteiger partial charge in [0.05, 0.1) is 26.0 Å². The van der Waals surface area contributed by atoms with Gasteiger partial charge in [0.25, 0.3) is 0 Å². The lowest BCUT2D eigenvalue weighted by Crippen LogP contribution is -2.54. The number of hydrazone groups is 1. The van der Waals surface area contributed by atoms with E-state index in [0.717, 1.165) is 41.9 Å². The number of amides is 4. The summed E-state index contributed by atoms with van der Waals surface area (Å²) >= 11 is 0. The molecule has 0 radical (unpaired) electrons. The van der Waals surface area contributed by atoms with E-state index in [9.17, 15) is 19.2 Å². The van der Waals surface area contributed by atoms with Crippen molar-refractivity contribution < 1.29 is 28.7 Å². The van der Waals surface area contributed by atoms with Gasteiger partial charge in [-0.1, -0.05) is 12.8 Å². The van der Waals surface area contributed by atoms with Crippen molar-refractivity contribution in [1.29, 1.82) is 0 Å². The molecule has 2 saturated heterocycles. The molecule has 3 aliphatic heterocycles. The van der Waals surface area contributed by atoms with Gasteiger partial charge in [0.15, 0.2) is 11.5 Å². The Hall–Kier alpha value is -3.43. The number of benzene rings is 1. The zero-order valence-electron chi connectivity index (χ0n) is 21.5. The molecule has 10 nitrogen and oxygen atoms in total. The zero-order chi connectivity index (χ0) is 26.1. The first-order valence-corrected chi connectivity index (χ1v) is 13.2. The Morgan fingerprint density at radius 2 is 1.57 bits per heavy atom. The molecular formula is C27H34N4O6. The monoisotopic (exact) mass is 510 g/mol. The Bertz CT molecular complexity index is 1110. The molecule has 1 saturated carbocycles. The first kappa shape index (κ1) is 25.2. The maximum absolute atomic E-state index is 13.6. The minimum Gasteiger partial charge on any atom is -0.493 e. The van der Waals surface area contributed by atoms with Crippen LogP contribution in [0.15, 0.2) is 23.3 Å². The smallest absolute Gasteiger partial charge is 0.246 e. The van der Waals surface area contributed by atoms with Crippen LogP contribution in [-0.2, 0) is 19.2 Å². The molecule has 1 aliphatic carbocycles. The normalized spacial score (nSPS) is 24.8.